The summed E-state index contributed by atoms with van der Waals surface area (Å²) in [7, 11) is 4.60. The molecule has 2 aromatic rings. The third kappa shape index (κ3) is 2.75. The van der Waals surface area contributed by atoms with Gasteiger partial charge in [0.2, 0.25) is 0 Å². The number of rotatable bonds is 4. The fourth-order valence-electron chi connectivity index (χ4n) is 3.18. The predicted octanol–water partition coefficient (Wildman–Crippen LogP) is 4.04. The first-order valence-electron chi connectivity index (χ1n) is 7.79. The smallest absolute Gasteiger partial charge is 0.342 e. The van der Waals surface area contributed by atoms with E-state index in [1.807, 2.05) is 30.3 Å². The van der Waals surface area contributed by atoms with Gasteiger partial charge in [-0.1, -0.05) is 30.4 Å². The zero-order chi connectivity index (χ0) is 17.1. The summed E-state index contributed by atoms with van der Waals surface area (Å²) in [5.74, 6) is 1.16. The lowest BCUT2D eigenvalue weighted by Crippen LogP contribution is -2.13. The van der Waals surface area contributed by atoms with Gasteiger partial charge in [-0.15, -0.1) is 0 Å². The van der Waals surface area contributed by atoms with Crippen LogP contribution in [-0.4, -0.2) is 27.3 Å². The zero-order valence-electron chi connectivity index (χ0n) is 14.0. The van der Waals surface area contributed by atoms with Crippen molar-refractivity contribution in [3.63, 3.8) is 0 Å². The number of esters is 1. The molecule has 0 spiro atoms. The fraction of sp³-hybridized carbons (Fsp3) is 0.250. The second-order valence-electron chi connectivity index (χ2n) is 5.60. The highest BCUT2D eigenvalue weighted by molar-refractivity contribution is 5.97. The Morgan fingerprint density at radius 2 is 1.75 bits per heavy atom. The van der Waals surface area contributed by atoms with Crippen molar-refractivity contribution >= 4 is 12.0 Å². The summed E-state index contributed by atoms with van der Waals surface area (Å²) >= 11 is 0. The average molecular weight is 324 g/mol. The van der Waals surface area contributed by atoms with Crippen LogP contribution in [0.3, 0.4) is 0 Å². The van der Waals surface area contributed by atoms with E-state index in [1.165, 1.54) is 12.7 Å². The molecule has 124 valence electrons. The molecule has 3 rings (SSSR count). The molecule has 0 N–H and O–H groups in total. The van der Waals surface area contributed by atoms with Crippen molar-refractivity contribution in [2.75, 3.05) is 21.3 Å². The lowest BCUT2D eigenvalue weighted by molar-refractivity contribution is 0.0596. The summed E-state index contributed by atoms with van der Waals surface area (Å²) in [6.07, 6.45) is 4.94. The van der Waals surface area contributed by atoms with Crippen LogP contribution >= 0.6 is 0 Å². The molecule has 0 aliphatic heterocycles. The van der Waals surface area contributed by atoms with Crippen molar-refractivity contribution in [2.24, 2.45) is 0 Å². The molecule has 1 aliphatic carbocycles. The molecule has 0 bridgehead atoms. The van der Waals surface area contributed by atoms with Crippen molar-refractivity contribution in [3.05, 3.63) is 64.7 Å². The normalized spacial score (nSPS) is 15.5. The largest absolute Gasteiger partial charge is 0.497 e. The van der Waals surface area contributed by atoms with Gasteiger partial charge >= 0.3 is 5.97 Å². The van der Waals surface area contributed by atoms with E-state index in [1.54, 1.807) is 14.2 Å². The molecule has 0 radical (unpaired) electrons. The Hall–Kier alpha value is -2.75. The van der Waals surface area contributed by atoms with E-state index < -0.39 is 0 Å². The van der Waals surface area contributed by atoms with E-state index in [-0.39, 0.29) is 11.9 Å². The van der Waals surface area contributed by atoms with E-state index in [0.29, 0.717) is 11.3 Å². The molecule has 1 aliphatic rings. The number of hydrogen-bond donors (Lipinski definition) is 0. The van der Waals surface area contributed by atoms with Crippen LogP contribution in [0.1, 0.15) is 39.4 Å². The van der Waals surface area contributed by atoms with Gasteiger partial charge in [-0.3, -0.25) is 0 Å². The van der Waals surface area contributed by atoms with Crippen LogP contribution in [0.15, 0.2) is 42.5 Å². The maximum Gasteiger partial charge on any atom is 0.342 e. The number of hydrogen-bond acceptors (Lipinski definition) is 4. The zero-order valence-corrected chi connectivity index (χ0v) is 14.0. The van der Waals surface area contributed by atoms with E-state index in [4.69, 9.17) is 14.2 Å². The Kier molecular flexibility index (Phi) is 4.56. The van der Waals surface area contributed by atoms with E-state index in [0.717, 1.165) is 23.3 Å². The van der Waals surface area contributed by atoms with E-state index in [2.05, 4.69) is 18.2 Å². The van der Waals surface area contributed by atoms with Crippen LogP contribution in [0.4, 0.5) is 0 Å². The summed E-state index contributed by atoms with van der Waals surface area (Å²) < 4.78 is 15.5. The van der Waals surface area contributed by atoms with Crippen molar-refractivity contribution in [2.45, 2.75) is 12.3 Å². The molecule has 0 saturated heterocycles. The van der Waals surface area contributed by atoms with Crippen molar-refractivity contribution in [1.29, 1.82) is 0 Å². The van der Waals surface area contributed by atoms with Gasteiger partial charge in [0.1, 0.15) is 17.1 Å². The molecule has 0 fully saturated rings. The Balaban J connectivity index is 2.10. The molecule has 4 heteroatoms. The quantitative estimate of drug-likeness (QED) is 0.796. The second-order valence-corrected chi connectivity index (χ2v) is 5.60. The standard InChI is InChI=1S/C20H20O4/c1-22-14-9-7-13(8-10-14)15-5-4-6-17-16(15)11-12-18(23-2)19(17)20(21)24-3/h4,6-12,15H,5H2,1-3H3. The number of carbonyl (C=O) groups is 1. The third-order valence-corrected chi connectivity index (χ3v) is 4.40. The number of carbonyl (C=O) groups excluding carboxylic acids is 1. The summed E-state index contributed by atoms with van der Waals surface area (Å²) in [4.78, 5) is 12.2. The maximum absolute atomic E-state index is 12.2. The topological polar surface area (TPSA) is 44.8 Å². The lowest BCUT2D eigenvalue weighted by atomic mass is 9.80. The molecule has 1 atom stereocenters. The highest BCUT2D eigenvalue weighted by Gasteiger charge is 2.26. The molecule has 2 aromatic carbocycles. The SMILES string of the molecule is COC(=O)c1c(OC)ccc2c1C=CCC2c1ccc(OC)cc1. The van der Waals surface area contributed by atoms with Crippen LogP contribution in [0, 0.1) is 0 Å². The van der Waals surface area contributed by atoms with Crippen LogP contribution in [0.2, 0.25) is 0 Å². The highest BCUT2D eigenvalue weighted by Crippen LogP contribution is 2.40. The second kappa shape index (κ2) is 6.79. The minimum atomic E-state index is -0.385. The molecule has 0 aromatic heterocycles. The fourth-order valence-corrected chi connectivity index (χ4v) is 3.18. The number of fused-ring (bicyclic) bond motifs is 1. The highest BCUT2D eigenvalue weighted by atomic mass is 16.5. The molecule has 24 heavy (non-hydrogen) atoms. The average Bonchev–Trinajstić information content (AvgIpc) is 2.66. The van der Waals surface area contributed by atoms with Crippen molar-refractivity contribution in [3.8, 4) is 11.5 Å². The third-order valence-electron chi connectivity index (χ3n) is 4.40. The van der Waals surface area contributed by atoms with Gasteiger partial charge in [0.25, 0.3) is 0 Å². The molecular formula is C20H20O4. The Morgan fingerprint density at radius 3 is 2.38 bits per heavy atom. The Morgan fingerprint density at radius 1 is 1.00 bits per heavy atom. The first-order chi connectivity index (χ1) is 11.7. The minimum absolute atomic E-state index is 0.185. The number of benzene rings is 2. The van der Waals surface area contributed by atoms with Crippen LogP contribution < -0.4 is 9.47 Å². The van der Waals surface area contributed by atoms with Crippen LogP contribution in [0.5, 0.6) is 11.5 Å². The van der Waals surface area contributed by atoms with Gasteiger partial charge in [0.15, 0.2) is 0 Å². The van der Waals surface area contributed by atoms with Gasteiger partial charge in [-0.25, -0.2) is 4.79 Å². The van der Waals surface area contributed by atoms with Gasteiger partial charge in [0.05, 0.1) is 21.3 Å². The van der Waals surface area contributed by atoms with Gasteiger partial charge in [-0.2, -0.15) is 0 Å². The number of methoxy groups -OCH3 is 3. The van der Waals surface area contributed by atoms with Gasteiger partial charge in [0, 0.05) is 5.92 Å². The molecule has 4 nitrogen and oxygen atoms in total. The summed E-state index contributed by atoms with van der Waals surface area (Å²) in [6.45, 7) is 0. The maximum atomic E-state index is 12.2. The van der Waals surface area contributed by atoms with E-state index in [9.17, 15) is 4.79 Å². The molecule has 0 heterocycles. The van der Waals surface area contributed by atoms with Gasteiger partial charge in [-0.05, 0) is 41.3 Å². The summed E-state index contributed by atoms with van der Waals surface area (Å²) in [5.41, 5.74) is 3.63. The number of allylic oxidation sites excluding steroid dienone is 1. The Bertz CT molecular complexity index is 775. The summed E-state index contributed by atoms with van der Waals surface area (Å²) in [6, 6.07) is 11.9. The molecule has 0 saturated carbocycles. The van der Waals surface area contributed by atoms with E-state index >= 15 is 0 Å². The minimum Gasteiger partial charge on any atom is -0.497 e. The van der Waals surface area contributed by atoms with Crippen molar-refractivity contribution < 1.29 is 19.0 Å². The Labute approximate surface area is 141 Å². The monoisotopic (exact) mass is 324 g/mol. The van der Waals surface area contributed by atoms with Gasteiger partial charge < -0.3 is 14.2 Å². The lowest BCUT2D eigenvalue weighted by Gasteiger charge is -2.25. The van der Waals surface area contributed by atoms with Crippen molar-refractivity contribution in [1.82, 2.24) is 0 Å². The van der Waals surface area contributed by atoms with Crippen LogP contribution in [0.25, 0.3) is 6.08 Å². The summed E-state index contributed by atoms with van der Waals surface area (Å²) in [5, 5.41) is 0. The predicted molar refractivity (Wildman–Crippen MR) is 92.8 cm³/mol. The molecular weight excluding hydrogens is 304 g/mol. The first-order valence-corrected chi connectivity index (χ1v) is 7.79. The number of ether oxygens (including phenoxy) is 3. The van der Waals surface area contributed by atoms with Crippen LogP contribution in [-0.2, 0) is 4.74 Å². The first kappa shape index (κ1) is 16.1. The molecule has 0 amide bonds. The molecule has 1 unspecified atom stereocenters.